The smallest absolute Gasteiger partial charge is 0.0350 e. The SMILES string of the molecule is CC1=C(N)C=CC=C=C1.[CH3-].[Rh]. The Morgan fingerprint density at radius 1 is 1.45 bits per heavy atom. The number of rotatable bonds is 0. The molecule has 0 aliphatic heterocycles. The summed E-state index contributed by atoms with van der Waals surface area (Å²) in [4.78, 5) is 0. The van der Waals surface area contributed by atoms with Crippen molar-refractivity contribution in [3.63, 3.8) is 0 Å². The second kappa shape index (κ2) is 6.15. The van der Waals surface area contributed by atoms with Crippen molar-refractivity contribution in [2.75, 3.05) is 0 Å². The van der Waals surface area contributed by atoms with E-state index in [2.05, 4.69) is 5.73 Å². The molecule has 1 radical (unpaired) electrons. The van der Waals surface area contributed by atoms with Gasteiger partial charge in [-0.1, -0.05) is 6.08 Å². The summed E-state index contributed by atoms with van der Waals surface area (Å²) in [5, 5.41) is 0. The summed E-state index contributed by atoms with van der Waals surface area (Å²) in [7, 11) is 0. The first-order valence-corrected chi connectivity index (χ1v) is 2.86. The van der Waals surface area contributed by atoms with Crippen molar-refractivity contribution in [2.24, 2.45) is 5.73 Å². The van der Waals surface area contributed by atoms with Crippen molar-refractivity contribution in [1.82, 2.24) is 0 Å². The molecule has 0 saturated carbocycles. The molecule has 0 unspecified atom stereocenters. The topological polar surface area (TPSA) is 26.0 Å². The van der Waals surface area contributed by atoms with Gasteiger partial charge in [0, 0.05) is 25.2 Å². The molecular formula is C9H12NRh-. The van der Waals surface area contributed by atoms with Crippen molar-refractivity contribution >= 4 is 0 Å². The molecule has 0 spiro atoms. The van der Waals surface area contributed by atoms with E-state index in [1.165, 1.54) is 0 Å². The van der Waals surface area contributed by atoms with Gasteiger partial charge in [-0.05, 0) is 30.7 Å². The van der Waals surface area contributed by atoms with E-state index >= 15 is 0 Å². The van der Waals surface area contributed by atoms with Crippen LogP contribution in [0.1, 0.15) is 6.92 Å². The third-order valence-corrected chi connectivity index (χ3v) is 1.22. The van der Waals surface area contributed by atoms with Gasteiger partial charge in [-0.2, -0.15) is 0 Å². The Balaban J connectivity index is 0. The molecule has 1 aliphatic carbocycles. The summed E-state index contributed by atoms with van der Waals surface area (Å²) in [6.45, 7) is 1.96. The molecule has 1 rings (SSSR count). The van der Waals surface area contributed by atoms with Gasteiger partial charge in [0.1, 0.15) is 0 Å². The van der Waals surface area contributed by atoms with Gasteiger partial charge in [0.05, 0.1) is 0 Å². The molecule has 0 aromatic rings. The van der Waals surface area contributed by atoms with Gasteiger partial charge in [-0.25, -0.2) is 0 Å². The van der Waals surface area contributed by atoms with E-state index < -0.39 is 0 Å². The molecule has 0 atom stereocenters. The van der Waals surface area contributed by atoms with Gasteiger partial charge >= 0.3 is 0 Å². The summed E-state index contributed by atoms with van der Waals surface area (Å²) in [6.07, 6.45) is 7.45. The first kappa shape index (κ1) is 13.0. The van der Waals surface area contributed by atoms with Crippen LogP contribution >= 0.6 is 0 Å². The van der Waals surface area contributed by atoms with Crippen molar-refractivity contribution in [3.05, 3.63) is 48.7 Å². The number of hydrogen-bond acceptors (Lipinski definition) is 1. The van der Waals surface area contributed by atoms with Gasteiger partial charge in [0.25, 0.3) is 0 Å². The Bertz CT molecular complexity index is 230. The predicted octanol–water partition coefficient (Wildman–Crippen LogP) is 1.95. The second-order valence-corrected chi connectivity index (χ2v) is 1.98. The zero-order valence-electron chi connectivity index (χ0n) is 6.72. The minimum Gasteiger partial charge on any atom is -0.398 e. The van der Waals surface area contributed by atoms with Crippen LogP contribution in [0.4, 0.5) is 0 Å². The Morgan fingerprint density at radius 3 is 2.73 bits per heavy atom. The van der Waals surface area contributed by atoms with Crippen LogP contribution in [0.3, 0.4) is 0 Å². The standard InChI is InChI=1S/C8H9N.CH3.Rh/c1-7-5-3-2-4-6-8(7)9;;/h2,4-6H,9H2,1H3;1H3;/q;-1;. The normalized spacial score (nSPS) is 13.5. The van der Waals surface area contributed by atoms with E-state index in [0.29, 0.717) is 0 Å². The first-order chi connectivity index (χ1) is 4.30. The predicted molar refractivity (Wildman–Crippen MR) is 45.1 cm³/mol. The third kappa shape index (κ3) is 3.98. The minimum absolute atomic E-state index is 0. The minimum atomic E-state index is 0. The molecule has 0 fully saturated rings. The summed E-state index contributed by atoms with van der Waals surface area (Å²) in [6, 6.07) is 0. The molecule has 0 aromatic carbocycles. The summed E-state index contributed by atoms with van der Waals surface area (Å²) >= 11 is 0. The number of allylic oxidation sites excluding steroid dienone is 4. The Morgan fingerprint density at radius 2 is 2.09 bits per heavy atom. The molecule has 2 N–H and O–H groups in total. The van der Waals surface area contributed by atoms with E-state index in [9.17, 15) is 0 Å². The van der Waals surface area contributed by atoms with Gasteiger partial charge in [0.15, 0.2) is 0 Å². The van der Waals surface area contributed by atoms with E-state index in [4.69, 9.17) is 5.73 Å². The van der Waals surface area contributed by atoms with E-state index in [0.717, 1.165) is 11.3 Å². The summed E-state index contributed by atoms with van der Waals surface area (Å²) in [5.74, 6) is 0. The Labute approximate surface area is 81.1 Å². The number of hydrogen-bond donors (Lipinski definition) is 1. The van der Waals surface area contributed by atoms with Gasteiger partial charge in [-0.15, -0.1) is 5.73 Å². The molecule has 1 nitrogen and oxygen atoms in total. The van der Waals surface area contributed by atoms with Crippen LogP contribution in [0.15, 0.2) is 41.3 Å². The van der Waals surface area contributed by atoms with Gasteiger partial charge in [-0.3, -0.25) is 0 Å². The maximum absolute atomic E-state index is 5.58. The molecule has 0 saturated heterocycles. The van der Waals surface area contributed by atoms with Crippen LogP contribution < -0.4 is 5.73 Å². The molecule has 0 heterocycles. The molecule has 0 aromatic heterocycles. The van der Waals surface area contributed by atoms with E-state index in [-0.39, 0.29) is 26.9 Å². The molecule has 1 aliphatic rings. The fourth-order valence-corrected chi connectivity index (χ4v) is 0.595. The average molecular weight is 237 g/mol. The van der Waals surface area contributed by atoms with Crippen molar-refractivity contribution in [2.45, 2.75) is 6.92 Å². The van der Waals surface area contributed by atoms with Crippen LogP contribution in [0.2, 0.25) is 0 Å². The number of nitrogens with two attached hydrogens (primary N) is 1. The maximum atomic E-state index is 5.58. The third-order valence-electron chi connectivity index (χ3n) is 1.22. The molecular weight excluding hydrogens is 225 g/mol. The molecule has 11 heavy (non-hydrogen) atoms. The van der Waals surface area contributed by atoms with E-state index in [1.807, 2.05) is 31.2 Å². The Hall–Kier alpha value is -0.577. The largest absolute Gasteiger partial charge is 0.398 e. The molecule has 0 bridgehead atoms. The maximum Gasteiger partial charge on any atom is 0.0350 e. The Kier molecular flexibility index (Phi) is 7.30. The van der Waals surface area contributed by atoms with Crippen LogP contribution in [-0.4, -0.2) is 0 Å². The van der Waals surface area contributed by atoms with Crippen LogP contribution in [0.5, 0.6) is 0 Å². The zero-order valence-corrected chi connectivity index (χ0v) is 8.36. The van der Waals surface area contributed by atoms with E-state index in [1.54, 1.807) is 0 Å². The molecule has 0 amide bonds. The fraction of sp³-hybridized carbons (Fsp3) is 0.111. The first-order valence-electron chi connectivity index (χ1n) is 2.86. The molecule has 63 valence electrons. The monoisotopic (exact) mass is 237 g/mol. The fourth-order valence-electron chi connectivity index (χ4n) is 0.595. The summed E-state index contributed by atoms with van der Waals surface area (Å²) < 4.78 is 0. The van der Waals surface area contributed by atoms with Crippen molar-refractivity contribution < 1.29 is 19.5 Å². The zero-order chi connectivity index (χ0) is 6.69. The van der Waals surface area contributed by atoms with Gasteiger partial charge in [0.2, 0.25) is 0 Å². The van der Waals surface area contributed by atoms with Crippen LogP contribution in [0.25, 0.3) is 0 Å². The average Bonchev–Trinajstić information content (AvgIpc) is 1.99. The quantitative estimate of drug-likeness (QED) is 0.389. The van der Waals surface area contributed by atoms with Crippen LogP contribution in [-0.2, 0) is 19.5 Å². The molecule has 2 heteroatoms. The second-order valence-electron chi connectivity index (χ2n) is 1.98. The van der Waals surface area contributed by atoms with Crippen molar-refractivity contribution in [1.29, 1.82) is 0 Å². The summed E-state index contributed by atoms with van der Waals surface area (Å²) in [5.41, 5.74) is 10.4. The van der Waals surface area contributed by atoms with Crippen LogP contribution in [0, 0.1) is 7.43 Å². The van der Waals surface area contributed by atoms with Crippen molar-refractivity contribution in [3.8, 4) is 0 Å². The van der Waals surface area contributed by atoms with Gasteiger partial charge < -0.3 is 13.2 Å².